The number of thiophene rings is 1. The minimum atomic E-state index is -0.847. The normalized spacial score (nSPS) is 12.1. The molecule has 0 aliphatic carbocycles. The fourth-order valence-corrected chi connectivity index (χ4v) is 4.27. The summed E-state index contributed by atoms with van der Waals surface area (Å²) in [6, 6.07) is 10.4. The van der Waals surface area contributed by atoms with E-state index in [0.717, 1.165) is 4.88 Å². The number of anilines is 1. The summed E-state index contributed by atoms with van der Waals surface area (Å²) in [6.07, 6.45) is 1.35. The standard InChI is InChI=1S/C22H17F2N3O2S/c1-12(20(28)26-17-9-7-16(24)8-10-17)27-11-25-21-19(22(27)29)18(13(2)30-21)14-3-5-15(23)6-4-14/h3-12H,1-2H3,(H,26,28)/t12-/m0/s1. The van der Waals surface area contributed by atoms with Gasteiger partial charge in [0.2, 0.25) is 5.91 Å². The van der Waals surface area contributed by atoms with Gasteiger partial charge in [-0.2, -0.15) is 0 Å². The maximum absolute atomic E-state index is 13.3. The molecule has 0 aliphatic rings. The SMILES string of the molecule is Cc1sc2ncn([C@@H](C)C(=O)Nc3ccc(F)cc3)c(=O)c2c1-c1ccc(F)cc1. The highest BCUT2D eigenvalue weighted by Gasteiger charge is 2.22. The number of benzene rings is 2. The lowest BCUT2D eigenvalue weighted by Gasteiger charge is -2.15. The van der Waals surface area contributed by atoms with Crippen molar-refractivity contribution in [1.29, 1.82) is 0 Å². The smallest absolute Gasteiger partial charge is 0.263 e. The number of carbonyl (C=O) groups is 1. The summed E-state index contributed by atoms with van der Waals surface area (Å²) in [6.45, 7) is 3.46. The summed E-state index contributed by atoms with van der Waals surface area (Å²) in [5.74, 6) is -1.20. The number of fused-ring (bicyclic) bond motifs is 1. The minimum absolute atomic E-state index is 0.356. The zero-order chi connectivity index (χ0) is 21.4. The first-order valence-electron chi connectivity index (χ1n) is 9.18. The molecule has 0 spiro atoms. The second kappa shape index (κ2) is 7.79. The Labute approximate surface area is 174 Å². The van der Waals surface area contributed by atoms with Gasteiger partial charge in [0.25, 0.3) is 5.56 Å². The number of rotatable bonds is 4. The van der Waals surface area contributed by atoms with Crippen LogP contribution in [0.25, 0.3) is 21.3 Å². The van der Waals surface area contributed by atoms with E-state index in [2.05, 4.69) is 10.3 Å². The molecule has 0 unspecified atom stereocenters. The highest BCUT2D eigenvalue weighted by molar-refractivity contribution is 7.19. The maximum Gasteiger partial charge on any atom is 0.263 e. The van der Waals surface area contributed by atoms with Gasteiger partial charge in [0.15, 0.2) is 0 Å². The fourth-order valence-electron chi connectivity index (χ4n) is 3.26. The number of hydrogen-bond acceptors (Lipinski definition) is 4. The summed E-state index contributed by atoms with van der Waals surface area (Å²) >= 11 is 1.37. The van der Waals surface area contributed by atoms with Gasteiger partial charge < -0.3 is 5.32 Å². The number of carbonyl (C=O) groups excluding carboxylic acids is 1. The van der Waals surface area contributed by atoms with Gasteiger partial charge in [-0.3, -0.25) is 14.2 Å². The third kappa shape index (κ3) is 3.61. The van der Waals surface area contributed by atoms with Crippen LogP contribution in [0.5, 0.6) is 0 Å². The zero-order valence-electron chi connectivity index (χ0n) is 16.1. The molecule has 1 atom stereocenters. The van der Waals surface area contributed by atoms with Crippen LogP contribution in [0, 0.1) is 18.6 Å². The van der Waals surface area contributed by atoms with Crippen LogP contribution in [0.3, 0.4) is 0 Å². The van der Waals surface area contributed by atoms with E-state index in [9.17, 15) is 18.4 Å². The molecule has 1 N–H and O–H groups in total. The molecule has 0 radical (unpaired) electrons. The summed E-state index contributed by atoms with van der Waals surface area (Å²) in [4.78, 5) is 31.7. The van der Waals surface area contributed by atoms with E-state index >= 15 is 0 Å². The molecular formula is C22H17F2N3O2S. The maximum atomic E-state index is 13.3. The largest absolute Gasteiger partial charge is 0.324 e. The number of halogens is 2. The predicted octanol–water partition coefficient (Wildman–Crippen LogP) is 4.91. The molecular weight excluding hydrogens is 408 g/mol. The minimum Gasteiger partial charge on any atom is -0.324 e. The van der Waals surface area contributed by atoms with Crippen molar-refractivity contribution in [2.45, 2.75) is 19.9 Å². The Morgan fingerprint density at radius 1 is 1.07 bits per heavy atom. The number of amides is 1. The predicted molar refractivity (Wildman–Crippen MR) is 114 cm³/mol. The van der Waals surface area contributed by atoms with E-state index in [1.54, 1.807) is 19.1 Å². The lowest BCUT2D eigenvalue weighted by molar-refractivity contribution is -0.118. The Morgan fingerprint density at radius 2 is 1.67 bits per heavy atom. The first-order chi connectivity index (χ1) is 14.3. The van der Waals surface area contributed by atoms with E-state index in [1.807, 2.05) is 6.92 Å². The Bertz CT molecular complexity index is 1300. The van der Waals surface area contributed by atoms with Crippen molar-refractivity contribution in [2.75, 3.05) is 5.32 Å². The van der Waals surface area contributed by atoms with Crippen LogP contribution in [-0.4, -0.2) is 15.5 Å². The average Bonchev–Trinajstić information content (AvgIpc) is 3.07. The Kier molecular flexibility index (Phi) is 5.17. The van der Waals surface area contributed by atoms with Gasteiger partial charge in [0, 0.05) is 16.1 Å². The Balaban J connectivity index is 1.74. The van der Waals surface area contributed by atoms with Crippen LogP contribution >= 0.6 is 11.3 Å². The number of nitrogens with one attached hydrogen (secondary N) is 1. The van der Waals surface area contributed by atoms with Crippen LogP contribution in [-0.2, 0) is 4.79 Å². The molecule has 2 aromatic carbocycles. The third-order valence-corrected chi connectivity index (χ3v) is 5.87. The highest BCUT2D eigenvalue weighted by atomic mass is 32.1. The van der Waals surface area contributed by atoms with Gasteiger partial charge in [-0.1, -0.05) is 12.1 Å². The molecule has 4 rings (SSSR count). The molecule has 0 fully saturated rings. The summed E-state index contributed by atoms with van der Waals surface area (Å²) < 4.78 is 27.7. The van der Waals surface area contributed by atoms with Gasteiger partial charge in [-0.15, -0.1) is 11.3 Å². The second-order valence-corrected chi connectivity index (χ2v) is 8.05. The Morgan fingerprint density at radius 3 is 2.30 bits per heavy atom. The lowest BCUT2D eigenvalue weighted by Crippen LogP contribution is -2.31. The number of aromatic nitrogens is 2. The van der Waals surface area contributed by atoms with Gasteiger partial charge in [0.1, 0.15) is 22.5 Å². The van der Waals surface area contributed by atoms with Gasteiger partial charge in [0.05, 0.1) is 11.7 Å². The van der Waals surface area contributed by atoms with Gasteiger partial charge in [-0.05, 0) is 55.8 Å². The number of nitrogens with zero attached hydrogens (tertiary/aromatic N) is 2. The molecule has 8 heteroatoms. The van der Waals surface area contributed by atoms with Crippen LogP contribution in [0.4, 0.5) is 14.5 Å². The van der Waals surface area contributed by atoms with Crippen molar-refractivity contribution in [2.24, 2.45) is 0 Å². The van der Waals surface area contributed by atoms with E-state index in [4.69, 9.17) is 0 Å². The van der Waals surface area contributed by atoms with Gasteiger partial charge >= 0.3 is 0 Å². The first kappa shape index (κ1) is 19.9. The second-order valence-electron chi connectivity index (χ2n) is 6.85. The van der Waals surface area contributed by atoms with E-state index in [0.29, 0.717) is 27.0 Å². The first-order valence-corrected chi connectivity index (χ1v) is 9.99. The van der Waals surface area contributed by atoms with Gasteiger partial charge in [-0.25, -0.2) is 13.8 Å². The van der Waals surface area contributed by atoms with E-state index < -0.39 is 17.8 Å². The molecule has 0 aliphatic heterocycles. The molecule has 152 valence electrons. The zero-order valence-corrected chi connectivity index (χ0v) is 17.0. The molecule has 2 heterocycles. The summed E-state index contributed by atoms with van der Waals surface area (Å²) in [5, 5.41) is 3.06. The molecule has 0 saturated carbocycles. The average molecular weight is 425 g/mol. The topological polar surface area (TPSA) is 64.0 Å². The van der Waals surface area contributed by atoms with Crippen molar-refractivity contribution < 1.29 is 13.6 Å². The van der Waals surface area contributed by atoms with Crippen LogP contribution < -0.4 is 10.9 Å². The van der Waals surface area contributed by atoms with Crippen molar-refractivity contribution in [3.8, 4) is 11.1 Å². The quantitative estimate of drug-likeness (QED) is 0.505. The fraction of sp³-hybridized carbons (Fsp3) is 0.136. The highest BCUT2D eigenvalue weighted by Crippen LogP contribution is 2.35. The molecule has 2 aromatic heterocycles. The van der Waals surface area contributed by atoms with Crippen molar-refractivity contribution >= 4 is 33.1 Å². The van der Waals surface area contributed by atoms with Crippen molar-refractivity contribution in [3.63, 3.8) is 0 Å². The molecule has 1 amide bonds. The molecule has 0 saturated heterocycles. The van der Waals surface area contributed by atoms with E-state index in [1.165, 1.54) is 58.6 Å². The third-order valence-electron chi connectivity index (χ3n) is 4.85. The van der Waals surface area contributed by atoms with Crippen molar-refractivity contribution in [1.82, 2.24) is 9.55 Å². The Hall–Kier alpha value is -3.39. The van der Waals surface area contributed by atoms with Crippen LogP contribution in [0.15, 0.2) is 59.7 Å². The van der Waals surface area contributed by atoms with Crippen LogP contribution in [0.1, 0.15) is 17.8 Å². The number of hydrogen-bond donors (Lipinski definition) is 1. The summed E-state index contributed by atoms with van der Waals surface area (Å²) in [5.41, 5.74) is 1.47. The molecule has 4 aromatic rings. The lowest BCUT2D eigenvalue weighted by atomic mass is 10.0. The molecule has 5 nitrogen and oxygen atoms in total. The molecule has 30 heavy (non-hydrogen) atoms. The number of aryl methyl sites for hydroxylation is 1. The van der Waals surface area contributed by atoms with E-state index in [-0.39, 0.29) is 11.4 Å². The molecule has 0 bridgehead atoms. The summed E-state index contributed by atoms with van der Waals surface area (Å²) in [7, 11) is 0. The monoisotopic (exact) mass is 425 g/mol. The van der Waals surface area contributed by atoms with Crippen LogP contribution in [0.2, 0.25) is 0 Å². The van der Waals surface area contributed by atoms with Crippen molar-refractivity contribution in [3.05, 3.63) is 81.7 Å².